The van der Waals surface area contributed by atoms with Gasteiger partial charge in [0.1, 0.15) is 5.69 Å². The van der Waals surface area contributed by atoms with E-state index in [2.05, 4.69) is 4.98 Å². The zero-order valence-electron chi connectivity index (χ0n) is 14.1. The molecule has 1 heterocycles. The van der Waals surface area contributed by atoms with Crippen LogP contribution >= 0.6 is 0 Å². The first kappa shape index (κ1) is 17.6. The van der Waals surface area contributed by atoms with Gasteiger partial charge < -0.3 is 15.2 Å². The number of hydrogen-bond donors (Lipinski definition) is 3. The molecule has 1 aromatic carbocycles. The van der Waals surface area contributed by atoms with Crippen molar-refractivity contribution in [1.29, 1.82) is 0 Å². The Labute approximate surface area is 148 Å². The number of ketones is 1. The van der Waals surface area contributed by atoms with Crippen LogP contribution < -0.4 is 5.43 Å². The van der Waals surface area contributed by atoms with E-state index >= 15 is 0 Å². The minimum absolute atomic E-state index is 0.0591. The number of aromatic nitrogens is 1. The Morgan fingerprint density at radius 2 is 1.88 bits per heavy atom. The second-order valence-electron chi connectivity index (χ2n) is 6.28. The number of H-pyrrole nitrogens is 1. The van der Waals surface area contributed by atoms with Gasteiger partial charge in [-0.15, -0.1) is 0 Å². The number of benzene rings is 1. The van der Waals surface area contributed by atoms with E-state index < -0.39 is 23.2 Å². The molecule has 2 aromatic rings. The summed E-state index contributed by atoms with van der Waals surface area (Å²) < 4.78 is 0. The molecule has 134 valence electrons. The van der Waals surface area contributed by atoms with E-state index in [9.17, 15) is 29.4 Å². The minimum atomic E-state index is -1.26. The van der Waals surface area contributed by atoms with Crippen molar-refractivity contribution >= 4 is 28.6 Å². The van der Waals surface area contributed by atoms with E-state index in [4.69, 9.17) is 0 Å². The lowest BCUT2D eigenvalue weighted by molar-refractivity contribution is -0.132. The first-order valence-corrected chi connectivity index (χ1v) is 8.26. The molecule has 1 aromatic heterocycles. The van der Waals surface area contributed by atoms with E-state index in [1.807, 2.05) is 6.92 Å². The summed E-state index contributed by atoms with van der Waals surface area (Å²) in [6.45, 7) is 2.00. The molecule has 0 fully saturated rings. The Morgan fingerprint density at radius 1 is 1.15 bits per heavy atom. The molecule has 0 unspecified atom stereocenters. The van der Waals surface area contributed by atoms with Crippen LogP contribution in [-0.2, 0) is 17.6 Å². The molecule has 26 heavy (non-hydrogen) atoms. The minimum Gasteiger partial charge on any atom is -0.478 e. The van der Waals surface area contributed by atoms with Crippen LogP contribution in [0.2, 0.25) is 0 Å². The second-order valence-corrected chi connectivity index (χ2v) is 6.28. The molecule has 7 heteroatoms. The Hall–Kier alpha value is -3.22. The highest BCUT2D eigenvalue weighted by Crippen LogP contribution is 2.30. The van der Waals surface area contributed by atoms with Crippen LogP contribution in [0.15, 0.2) is 28.6 Å². The Kier molecular flexibility index (Phi) is 4.46. The molecule has 3 rings (SSSR count). The quantitative estimate of drug-likeness (QED) is 0.756. The van der Waals surface area contributed by atoms with Crippen molar-refractivity contribution in [2.24, 2.45) is 0 Å². The average molecular weight is 355 g/mol. The van der Waals surface area contributed by atoms with Crippen molar-refractivity contribution < 1.29 is 24.6 Å². The number of aryl methyl sites for hydroxylation is 1. The standard InChI is InChI=1S/C19H17NO6/c1-2-3-4-9-5-11-12(6-10(18(23)24)7-14(11)21)16-15(22)8-13(19(25)26)20-17(9)16/h5,7-8H,2-4,6H2,1H3,(H,20,22)(H,23,24)(H,25,26). The maximum absolute atomic E-state index is 12.6. The highest BCUT2D eigenvalue weighted by molar-refractivity contribution is 6.14. The van der Waals surface area contributed by atoms with Gasteiger partial charge in [-0.25, -0.2) is 9.59 Å². The highest BCUT2D eigenvalue weighted by atomic mass is 16.4. The number of allylic oxidation sites excluding steroid dienone is 1. The summed E-state index contributed by atoms with van der Waals surface area (Å²) in [6, 6.07) is 2.62. The number of aliphatic carboxylic acids is 1. The zero-order valence-corrected chi connectivity index (χ0v) is 14.1. The SMILES string of the molecule is CCCCc1cc2c(c3c(=O)cc(C(=O)O)[nH]c13)CC(C(=O)O)=CC2=O. The summed E-state index contributed by atoms with van der Waals surface area (Å²) in [5.74, 6) is -2.93. The number of carboxylic acids is 2. The van der Waals surface area contributed by atoms with Gasteiger partial charge in [0.05, 0.1) is 10.9 Å². The van der Waals surface area contributed by atoms with Crippen molar-refractivity contribution in [3.8, 4) is 0 Å². The molecule has 0 amide bonds. The third-order valence-electron chi connectivity index (χ3n) is 4.54. The van der Waals surface area contributed by atoms with Gasteiger partial charge >= 0.3 is 11.9 Å². The molecule has 1 aliphatic carbocycles. The maximum atomic E-state index is 12.6. The molecule has 0 saturated carbocycles. The lowest BCUT2D eigenvalue weighted by Crippen LogP contribution is -2.20. The van der Waals surface area contributed by atoms with Crippen LogP contribution in [-0.4, -0.2) is 32.9 Å². The molecular formula is C19H17NO6. The van der Waals surface area contributed by atoms with Crippen molar-refractivity contribution in [3.63, 3.8) is 0 Å². The number of aromatic amines is 1. The molecule has 7 nitrogen and oxygen atoms in total. The monoisotopic (exact) mass is 355 g/mol. The van der Waals surface area contributed by atoms with Gasteiger partial charge in [0.2, 0.25) is 0 Å². The number of carbonyl (C=O) groups excluding carboxylic acids is 1. The fourth-order valence-electron chi connectivity index (χ4n) is 3.27. The summed E-state index contributed by atoms with van der Waals surface area (Å²) in [6.07, 6.45) is 3.29. The Bertz CT molecular complexity index is 1040. The van der Waals surface area contributed by atoms with Crippen LogP contribution in [0.5, 0.6) is 0 Å². The van der Waals surface area contributed by atoms with E-state index in [0.717, 1.165) is 25.0 Å². The summed E-state index contributed by atoms with van der Waals surface area (Å²) >= 11 is 0. The number of rotatable bonds is 5. The van der Waals surface area contributed by atoms with Crippen molar-refractivity contribution in [2.45, 2.75) is 32.6 Å². The van der Waals surface area contributed by atoms with Crippen LogP contribution in [0.4, 0.5) is 0 Å². The van der Waals surface area contributed by atoms with Gasteiger partial charge in [0, 0.05) is 23.6 Å². The third-order valence-corrected chi connectivity index (χ3v) is 4.54. The molecular weight excluding hydrogens is 338 g/mol. The van der Waals surface area contributed by atoms with Crippen LogP contribution in [0.1, 0.15) is 51.7 Å². The van der Waals surface area contributed by atoms with Crippen molar-refractivity contribution in [3.05, 3.63) is 56.4 Å². The highest BCUT2D eigenvalue weighted by Gasteiger charge is 2.26. The van der Waals surface area contributed by atoms with Gasteiger partial charge in [-0.3, -0.25) is 9.59 Å². The lowest BCUT2D eigenvalue weighted by Gasteiger charge is -2.19. The average Bonchev–Trinajstić information content (AvgIpc) is 2.59. The normalized spacial score (nSPS) is 13.4. The topological polar surface area (TPSA) is 125 Å². The van der Waals surface area contributed by atoms with E-state index in [-0.39, 0.29) is 23.1 Å². The molecule has 0 aliphatic heterocycles. The Morgan fingerprint density at radius 3 is 2.50 bits per heavy atom. The predicted octanol–water partition coefficient (Wildman–Crippen LogP) is 2.32. The van der Waals surface area contributed by atoms with Gasteiger partial charge in [-0.2, -0.15) is 0 Å². The van der Waals surface area contributed by atoms with E-state index in [1.165, 1.54) is 0 Å². The molecule has 0 bridgehead atoms. The predicted molar refractivity (Wildman–Crippen MR) is 93.9 cm³/mol. The largest absolute Gasteiger partial charge is 0.478 e. The molecule has 0 spiro atoms. The number of carboxylic acid groups (broad SMARTS) is 2. The number of fused-ring (bicyclic) bond motifs is 3. The fourth-order valence-corrected chi connectivity index (χ4v) is 3.27. The fraction of sp³-hybridized carbons (Fsp3) is 0.263. The number of aromatic carboxylic acids is 1. The maximum Gasteiger partial charge on any atom is 0.352 e. The number of unbranched alkanes of at least 4 members (excludes halogenated alkanes) is 1. The Balaban J connectivity index is 2.36. The zero-order chi connectivity index (χ0) is 19.0. The number of carbonyl (C=O) groups is 3. The number of hydrogen-bond acceptors (Lipinski definition) is 4. The smallest absolute Gasteiger partial charge is 0.352 e. The van der Waals surface area contributed by atoms with Crippen molar-refractivity contribution in [1.82, 2.24) is 4.98 Å². The van der Waals surface area contributed by atoms with Crippen molar-refractivity contribution in [2.75, 3.05) is 0 Å². The van der Waals surface area contributed by atoms with E-state index in [1.54, 1.807) is 6.07 Å². The van der Waals surface area contributed by atoms with Gasteiger partial charge in [0.15, 0.2) is 11.2 Å². The molecule has 0 saturated heterocycles. The second kappa shape index (κ2) is 6.59. The number of pyridine rings is 1. The molecule has 3 N–H and O–H groups in total. The van der Waals surface area contributed by atoms with Gasteiger partial charge in [-0.1, -0.05) is 13.3 Å². The molecule has 0 radical (unpaired) electrons. The summed E-state index contributed by atoms with van der Waals surface area (Å²) in [5, 5.41) is 18.6. The van der Waals surface area contributed by atoms with Crippen LogP contribution in [0.25, 0.3) is 10.9 Å². The number of nitrogens with one attached hydrogen (secondary N) is 1. The third kappa shape index (κ3) is 2.92. The lowest BCUT2D eigenvalue weighted by atomic mass is 9.85. The van der Waals surface area contributed by atoms with Gasteiger partial charge in [0.25, 0.3) is 0 Å². The molecule has 1 aliphatic rings. The summed E-state index contributed by atoms with van der Waals surface area (Å²) in [4.78, 5) is 50.4. The first-order valence-electron chi connectivity index (χ1n) is 8.26. The van der Waals surface area contributed by atoms with Gasteiger partial charge in [-0.05, 0) is 36.1 Å². The van der Waals surface area contributed by atoms with E-state index in [0.29, 0.717) is 28.6 Å². The first-order chi connectivity index (χ1) is 12.3. The van der Waals surface area contributed by atoms with Crippen LogP contribution in [0.3, 0.4) is 0 Å². The molecule has 0 atom stereocenters. The summed E-state index contributed by atoms with van der Waals surface area (Å²) in [5.41, 5.74) is 0.821. The summed E-state index contributed by atoms with van der Waals surface area (Å²) in [7, 11) is 0. The van der Waals surface area contributed by atoms with Crippen LogP contribution in [0, 0.1) is 0 Å².